The summed E-state index contributed by atoms with van der Waals surface area (Å²) in [7, 11) is 0. The molecule has 0 amide bonds. The van der Waals surface area contributed by atoms with Crippen molar-refractivity contribution in [2.45, 2.75) is 0 Å². The third-order valence-corrected chi connectivity index (χ3v) is 6.73. The topological polar surface area (TPSA) is 43.6 Å². The quantitative estimate of drug-likeness (QED) is 0.255. The standard InChI is InChI=1S/C31H19ClN4/c32-31-34-29(21-10-3-1-4-11-21)33-30(35-31)22-16-17-25-26-18-15-20-9-7-8-14-24(20)28(26)36(27(25)19-22)23-12-5-2-6-13-23/h1-19H. The third-order valence-electron chi connectivity index (χ3n) is 6.57. The summed E-state index contributed by atoms with van der Waals surface area (Å²) in [5.74, 6) is 1.10. The summed E-state index contributed by atoms with van der Waals surface area (Å²) >= 11 is 6.36. The van der Waals surface area contributed by atoms with Gasteiger partial charge in [0.2, 0.25) is 5.28 Å². The van der Waals surface area contributed by atoms with Crippen LogP contribution in [0.5, 0.6) is 0 Å². The van der Waals surface area contributed by atoms with Crippen LogP contribution < -0.4 is 0 Å². The summed E-state index contributed by atoms with van der Waals surface area (Å²) in [5.41, 5.74) is 5.15. The van der Waals surface area contributed by atoms with Gasteiger partial charge in [-0.3, -0.25) is 0 Å². The fourth-order valence-corrected chi connectivity index (χ4v) is 5.12. The van der Waals surface area contributed by atoms with E-state index in [0.29, 0.717) is 11.6 Å². The SMILES string of the molecule is Clc1nc(-c2ccccc2)nc(-c2ccc3c4ccc5ccccc5c4n(-c4ccccc4)c3c2)n1. The van der Waals surface area contributed by atoms with Crippen LogP contribution in [0.25, 0.3) is 61.0 Å². The highest BCUT2D eigenvalue weighted by molar-refractivity contribution is 6.28. The van der Waals surface area contributed by atoms with E-state index < -0.39 is 0 Å². The van der Waals surface area contributed by atoms with Crippen LogP contribution in [0.2, 0.25) is 5.28 Å². The van der Waals surface area contributed by atoms with Gasteiger partial charge in [0.1, 0.15) is 0 Å². The largest absolute Gasteiger partial charge is 0.309 e. The Balaban J connectivity index is 1.53. The molecule has 0 bridgehead atoms. The van der Waals surface area contributed by atoms with Crippen molar-refractivity contribution < 1.29 is 0 Å². The van der Waals surface area contributed by atoms with Gasteiger partial charge in [-0.2, -0.15) is 9.97 Å². The van der Waals surface area contributed by atoms with E-state index in [1.807, 2.05) is 36.4 Å². The summed E-state index contributed by atoms with van der Waals surface area (Å²) in [4.78, 5) is 13.6. The second-order valence-corrected chi connectivity index (χ2v) is 9.04. The Morgan fingerprint density at radius 1 is 0.528 bits per heavy atom. The molecule has 0 saturated carbocycles. The van der Waals surface area contributed by atoms with E-state index in [0.717, 1.165) is 22.3 Å². The van der Waals surface area contributed by atoms with Crippen molar-refractivity contribution in [2.75, 3.05) is 0 Å². The Kier molecular flexibility index (Phi) is 4.79. The average Bonchev–Trinajstić information content (AvgIpc) is 3.28. The van der Waals surface area contributed by atoms with Crippen LogP contribution in [0.4, 0.5) is 0 Å². The maximum atomic E-state index is 6.36. The van der Waals surface area contributed by atoms with E-state index >= 15 is 0 Å². The predicted octanol–water partition coefficient (Wildman–Crippen LogP) is 8.11. The van der Waals surface area contributed by atoms with Crippen molar-refractivity contribution in [2.24, 2.45) is 0 Å². The van der Waals surface area contributed by atoms with Crippen molar-refractivity contribution in [3.63, 3.8) is 0 Å². The first-order chi connectivity index (χ1) is 17.8. The summed E-state index contributed by atoms with van der Waals surface area (Å²) in [5, 5.41) is 4.98. The molecule has 0 unspecified atom stereocenters. The van der Waals surface area contributed by atoms with Gasteiger partial charge in [0.25, 0.3) is 0 Å². The minimum absolute atomic E-state index is 0.175. The number of nitrogens with zero attached hydrogens (tertiary/aromatic N) is 4. The second kappa shape index (κ2) is 8.29. The van der Waals surface area contributed by atoms with Crippen LogP contribution in [0.3, 0.4) is 0 Å². The Morgan fingerprint density at radius 2 is 1.19 bits per heavy atom. The van der Waals surface area contributed by atoms with Gasteiger partial charge < -0.3 is 4.57 Å². The van der Waals surface area contributed by atoms with E-state index in [1.54, 1.807) is 0 Å². The van der Waals surface area contributed by atoms with Gasteiger partial charge >= 0.3 is 0 Å². The first kappa shape index (κ1) is 20.8. The molecule has 4 nitrogen and oxygen atoms in total. The van der Waals surface area contributed by atoms with Crippen molar-refractivity contribution in [1.82, 2.24) is 19.5 Å². The molecule has 0 radical (unpaired) electrons. The molecule has 0 N–H and O–H groups in total. The Hall–Kier alpha value is -4.54. The average molecular weight is 483 g/mol. The van der Waals surface area contributed by atoms with Gasteiger partial charge in [-0.15, -0.1) is 0 Å². The van der Waals surface area contributed by atoms with Gasteiger partial charge in [0.15, 0.2) is 11.6 Å². The van der Waals surface area contributed by atoms with Crippen molar-refractivity contribution in [3.8, 4) is 28.5 Å². The van der Waals surface area contributed by atoms with E-state index in [2.05, 4.69) is 93.4 Å². The van der Waals surface area contributed by atoms with Crippen molar-refractivity contribution >= 4 is 44.2 Å². The molecular weight excluding hydrogens is 464 g/mol. The molecule has 0 fully saturated rings. The number of halogens is 1. The zero-order valence-electron chi connectivity index (χ0n) is 19.1. The zero-order valence-corrected chi connectivity index (χ0v) is 19.9. The van der Waals surface area contributed by atoms with Gasteiger partial charge in [-0.25, -0.2) is 4.98 Å². The van der Waals surface area contributed by atoms with E-state index in [1.165, 1.54) is 27.1 Å². The molecule has 0 aliphatic heterocycles. The molecule has 5 heteroatoms. The Bertz CT molecular complexity index is 1890. The molecule has 36 heavy (non-hydrogen) atoms. The van der Waals surface area contributed by atoms with Crippen LogP contribution >= 0.6 is 11.6 Å². The fraction of sp³-hybridized carbons (Fsp3) is 0. The summed E-state index contributed by atoms with van der Waals surface area (Å²) < 4.78 is 2.33. The molecule has 2 heterocycles. The second-order valence-electron chi connectivity index (χ2n) is 8.70. The number of hydrogen-bond donors (Lipinski definition) is 0. The molecule has 0 spiro atoms. The molecule has 7 rings (SSSR count). The zero-order chi connectivity index (χ0) is 24.1. The van der Waals surface area contributed by atoms with Gasteiger partial charge in [0, 0.05) is 33.0 Å². The van der Waals surface area contributed by atoms with Crippen LogP contribution in [-0.2, 0) is 0 Å². The molecule has 0 saturated heterocycles. The molecule has 5 aromatic carbocycles. The lowest BCUT2D eigenvalue weighted by molar-refractivity contribution is 1.07. The highest BCUT2D eigenvalue weighted by Gasteiger charge is 2.17. The lowest BCUT2D eigenvalue weighted by Crippen LogP contribution is -1.98. The van der Waals surface area contributed by atoms with Crippen molar-refractivity contribution in [1.29, 1.82) is 0 Å². The van der Waals surface area contributed by atoms with Crippen molar-refractivity contribution in [3.05, 3.63) is 121 Å². The molecule has 0 aliphatic carbocycles. The van der Waals surface area contributed by atoms with Crippen LogP contribution in [0, 0.1) is 0 Å². The predicted molar refractivity (Wildman–Crippen MR) is 148 cm³/mol. The Labute approximate surface area is 212 Å². The number of rotatable bonds is 3. The van der Waals surface area contributed by atoms with E-state index in [9.17, 15) is 0 Å². The lowest BCUT2D eigenvalue weighted by Gasteiger charge is -2.10. The minimum atomic E-state index is 0.175. The highest BCUT2D eigenvalue weighted by Crippen LogP contribution is 2.38. The first-order valence-electron chi connectivity index (χ1n) is 11.7. The summed E-state index contributed by atoms with van der Waals surface area (Å²) in [6.45, 7) is 0. The number of aromatic nitrogens is 4. The van der Waals surface area contributed by atoms with Gasteiger partial charge in [-0.05, 0) is 35.2 Å². The summed E-state index contributed by atoms with van der Waals surface area (Å²) in [6.07, 6.45) is 0. The molecule has 7 aromatic rings. The third kappa shape index (κ3) is 3.35. The number of benzene rings is 5. The maximum Gasteiger partial charge on any atom is 0.226 e. The first-order valence-corrected chi connectivity index (χ1v) is 12.1. The van der Waals surface area contributed by atoms with Crippen LogP contribution in [0.1, 0.15) is 0 Å². The monoisotopic (exact) mass is 482 g/mol. The summed E-state index contributed by atoms with van der Waals surface area (Å²) in [6, 6.07) is 39.6. The van der Waals surface area contributed by atoms with Crippen LogP contribution in [-0.4, -0.2) is 19.5 Å². The van der Waals surface area contributed by atoms with Gasteiger partial charge in [-0.1, -0.05) is 97.1 Å². The molecular formula is C31H19ClN4. The molecule has 170 valence electrons. The Morgan fingerprint density at radius 3 is 2.00 bits per heavy atom. The lowest BCUT2D eigenvalue weighted by atomic mass is 10.1. The number of fused-ring (bicyclic) bond motifs is 5. The molecule has 2 aromatic heterocycles. The highest BCUT2D eigenvalue weighted by atomic mass is 35.5. The van der Waals surface area contributed by atoms with Crippen LogP contribution in [0.15, 0.2) is 115 Å². The molecule has 0 atom stereocenters. The minimum Gasteiger partial charge on any atom is -0.309 e. The fourth-order valence-electron chi connectivity index (χ4n) is 4.96. The maximum absolute atomic E-state index is 6.36. The number of para-hydroxylation sites is 1. The molecule has 0 aliphatic rings. The van der Waals surface area contributed by atoms with E-state index in [4.69, 9.17) is 16.6 Å². The smallest absolute Gasteiger partial charge is 0.226 e. The van der Waals surface area contributed by atoms with E-state index in [-0.39, 0.29) is 5.28 Å². The normalized spacial score (nSPS) is 11.5. The van der Waals surface area contributed by atoms with Gasteiger partial charge in [0.05, 0.1) is 11.0 Å². The number of hydrogen-bond acceptors (Lipinski definition) is 3.